The zero-order chi connectivity index (χ0) is 22.4. The summed E-state index contributed by atoms with van der Waals surface area (Å²) in [5.74, 6) is -4.72. The number of pyridine rings is 1. The molecule has 0 spiro atoms. The highest BCUT2D eigenvalue weighted by atomic mass is 32.2. The van der Waals surface area contributed by atoms with E-state index < -0.39 is 35.9 Å². The van der Waals surface area contributed by atoms with Gasteiger partial charge in [-0.3, -0.25) is 9.52 Å². The van der Waals surface area contributed by atoms with E-state index in [1.165, 1.54) is 23.8 Å². The highest BCUT2D eigenvalue weighted by Gasteiger charge is 2.42. The average molecular weight is 458 g/mol. The van der Waals surface area contributed by atoms with E-state index in [9.17, 15) is 26.7 Å². The predicted molar refractivity (Wildman–Crippen MR) is 107 cm³/mol. The van der Waals surface area contributed by atoms with Crippen LogP contribution in [0.3, 0.4) is 0 Å². The first-order chi connectivity index (χ1) is 14.5. The Labute approximate surface area is 179 Å². The Balaban J connectivity index is 1.66. The number of carbonyl (C=O) groups is 1. The van der Waals surface area contributed by atoms with E-state index in [4.69, 9.17) is 0 Å². The molecule has 31 heavy (non-hydrogen) atoms. The molecular formula is C20H19F5N4OS. The molecule has 1 amide bonds. The molecule has 11 heteroatoms. The summed E-state index contributed by atoms with van der Waals surface area (Å²) in [5, 5.41) is 2.61. The van der Waals surface area contributed by atoms with Crippen molar-refractivity contribution < 1.29 is 26.7 Å². The Kier molecular flexibility index (Phi) is 5.59. The second kappa shape index (κ2) is 7.94. The summed E-state index contributed by atoms with van der Waals surface area (Å²) in [6.45, 7) is 1.81. The molecule has 1 aromatic carbocycles. The van der Waals surface area contributed by atoms with Gasteiger partial charge >= 0.3 is 6.18 Å². The Hall–Kier alpha value is -2.40. The maximum absolute atomic E-state index is 13.9. The van der Waals surface area contributed by atoms with Crippen LogP contribution >= 0.6 is 11.9 Å². The first kappa shape index (κ1) is 21.8. The third-order valence-electron chi connectivity index (χ3n) is 5.44. The van der Waals surface area contributed by atoms with Crippen molar-refractivity contribution in [3.63, 3.8) is 0 Å². The van der Waals surface area contributed by atoms with Gasteiger partial charge in [0, 0.05) is 48.8 Å². The lowest BCUT2D eigenvalue weighted by Gasteiger charge is -2.38. The molecule has 0 saturated carbocycles. The van der Waals surface area contributed by atoms with Gasteiger partial charge in [-0.2, -0.15) is 13.2 Å². The van der Waals surface area contributed by atoms with Crippen LogP contribution in [0.4, 0.5) is 33.5 Å². The Bertz CT molecular complexity index is 1010. The number of anilines is 2. The van der Waals surface area contributed by atoms with Crippen LogP contribution in [0.25, 0.3) is 0 Å². The largest absolute Gasteiger partial charge is 0.417 e. The van der Waals surface area contributed by atoms with Crippen molar-refractivity contribution in [1.82, 2.24) is 9.71 Å². The van der Waals surface area contributed by atoms with Gasteiger partial charge in [0.2, 0.25) is 0 Å². The number of hydrogen-bond acceptors (Lipinski definition) is 5. The number of benzene rings is 1. The van der Waals surface area contributed by atoms with Gasteiger partial charge in [-0.1, -0.05) is 13.0 Å². The molecule has 2 aliphatic rings. The number of carbonyl (C=O) groups excluding carboxylic acids is 1. The smallest absolute Gasteiger partial charge is 0.355 e. The lowest BCUT2D eigenvalue weighted by atomic mass is 9.95. The summed E-state index contributed by atoms with van der Waals surface area (Å²) >= 11 is 1.39. The van der Waals surface area contributed by atoms with Crippen LogP contribution in [-0.2, 0) is 12.7 Å². The van der Waals surface area contributed by atoms with Gasteiger partial charge in [-0.05, 0) is 35.7 Å². The standard InChI is InChI=1S/C20H19F5N4OS/c1-11-10-29(5-4-19(11,21)22)17-15(6-13(9-26-17)20(23,24)25)18(30)28-14-3-2-12-8-27-31-16(12)7-14/h2-3,6-7,9,11,27H,4-5,8,10H2,1H3,(H,28,30). The number of nitrogens with zero attached hydrogens (tertiary/aromatic N) is 2. The Morgan fingerprint density at radius 1 is 1.32 bits per heavy atom. The number of piperidine rings is 1. The van der Waals surface area contributed by atoms with Crippen LogP contribution in [0.5, 0.6) is 0 Å². The van der Waals surface area contributed by atoms with Crippen molar-refractivity contribution in [3.8, 4) is 0 Å². The highest BCUT2D eigenvalue weighted by molar-refractivity contribution is 7.97. The van der Waals surface area contributed by atoms with Crippen molar-refractivity contribution in [2.45, 2.75) is 36.9 Å². The van der Waals surface area contributed by atoms with E-state index in [-0.39, 0.29) is 24.5 Å². The zero-order valence-electron chi connectivity index (χ0n) is 16.4. The van der Waals surface area contributed by atoms with Gasteiger partial charge in [0.05, 0.1) is 11.1 Å². The fourth-order valence-electron chi connectivity index (χ4n) is 3.57. The maximum Gasteiger partial charge on any atom is 0.417 e. The number of rotatable bonds is 3. The van der Waals surface area contributed by atoms with Gasteiger partial charge < -0.3 is 10.2 Å². The molecule has 0 bridgehead atoms. The predicted octanol–water partition coefficient (Wildman–Crippen LogP) is 4.94. The topological polar surface area (TPSA) is 57.3 Å². The fourth-order valence-corrected chi connectivity index (χ4v) is 4.41. The Morgan fingerprint density at radius 3 is 2.81 bits per heavy atom. The molecule has 166 valence electrons. The molecule has 3 heterocycles. The fraction of sp³-hybridized carbons (Fsp3) is 0.400. The quantitative estimate of drug-likeness (QED) is 0.504. The summed E-state index contributed by atoms with van der Waals surface area (Å²) in [4.78, 5) is 19.2. The van der Waals surface area contributed by atoms with E-state index in [0.29, 0.717) is 18.4 Å². The lowest BCUT2D eigenvalue weighted by molar-refractivity contribution is -0.137. The van der Waals surface area contributed by atoms with E-state index in [1.807, 2.05) is 6.07 Å². The minimum absolute atomic E-state index is 0.0370. The van der Waals surface area contributed by atoms with Gasteiger partial charge in [-0.25, -0.2) is 13.8 Å². The molecule has 2 N–H and O–H groups in total. The third-order valence-corrected chi connectivity index (χ3v) is 6.33. The summed E-state index contributed by atoms with van der Waals surface area (Å²) in [7, 11) is 0. The van der Waals surface area contributed by atoms with Gasteiger partial charge in [0.1, 0.15) is 5.82 Å². The molecule has 5 nitrogen and oxygen atoms in total. The molecule has 0 radical (unpaired) electrons. The second-order valence-corrected chi connectivity index (χ2v) is 8.58. The normalized spacial score (nSPS) is 20.5. The van der Waals surface area contributed by atoms with Crippen molar-refractivity contribution in [3.05, 3.63) is 47.2 Å². The first-order valence-electron chi connectivity index (χ1n) is 9.58. The summed E-state index contributed by atoms with van der Waals surface area (Å²) < 4.78 is 70.6. The molecule has 1 atom stereocenters. The first-order valence-corrected chi connectivity index (χ1v) is 10.4. The molecule has 1 aromatic heterocycles. The van der Waals surface area contributed by atoms with Crippen LogP contribution in [0.15, 0.2) is 35.4 Å². The number of alkyl halides is 5. The van der Waals surface area contributed by atoms with Gasteiger partial charge in [0.25, 0.3) is 11.8 Å². The lowest BCUT2D eigenvalue weighted by Crippen LogP contribution is -2.46. The van der Waals surface area contributed by atoms with Crippen molar-refractivity contribution >= 4 is 29.4 Å². The van der Waals surface area contributed by atoms with Crippen LogP contribution in [0.1, 0.15) is 34.8 Å². The monoisotopic (exact) mass is 458 g/mol. The number of aromatic nitrogens is 1. The number of amides is 1. The second-order valence-electron chi connectivity index (χ2n) is 7.65. The molecule has 1 fully saturated rings. The molecule has 4 rings (SSSR count). The van der Waals surface area contributed by atoms with Crippen molar-refractivity contribution in [2.75, 3.05) is 23.3 Å². The molecular weight excluding hydrogens is 439 g/mol. The number of hydrogen-bond donors (Lipinski definition) is 2. The van der Waals surface area contributed by atoms with Crippen molar-refractivity contribution in [1.29, 1.82) is 0 Å². The van der Waals surface area contributed by atoms with Crippen LogP contribution in [-0.4, -0.2) is 29.9 Å². The Morgan fingerprint density at radius 2 is 2.10 bits per heavy atom. The van der Waals surface area contributed by atoms with Crippen molar-refractivity contribution in [2.24, 2.45) is 5.92 Å². The molecule has 1 unspecified atom stereocenters. The van der Waals surface area contributed by atoms with E-state index in [1.54, 1.807) is 12.1 Å². The molecule has 0 aliphatic carbocycles. The number of halogens is 5. The van der Waals surface area contributed by atoms with Crippen LogP contribution in [0.2, 0.25) is 0 Å². The zero-order valence-corrected chi connectivity index (χ0v) is 17.2. The van der Waals surface area contributed by atoms with E-state index in [2.05, 4.69) is 15.0 Å². The maximum atomic E-state index is 13.9. The van der Waals surface area contributed by atoms with Crippen LogP contribution < -0.4 is 14.9 Å². The van der Waals surface area contributed by atoms with E-state index in [0.717, 1.165) is 16.5 Å². The summed E-state index contributed by atoms with van der Waals surface area (Å²) in [6.07, 6.45) is -4.53. The molecule has 1 saturated heterocycles. The summed E-state index contributed by atoms with van der Waals surface area (Å²) in [5.41, 5.74) is 0.0820. The summed E-state index contributed by atoms with van der Waals surface area (Å²) in [6, 6.07) is 5.92. The number of fused-ring (bicyclic) bond motifs is 1. The minimum atomic E-state index is -4.70. The molecule has 2 aliphatic heterocycles. The van der Waals surface area contributed by atoms with E-state index >= 15 is 0 Å². The van der Waals surface area contributed by atoms with Crippen LogP contribution in [0, 0.1) is 5.92 Å². The minimum Gasteiger partial charge on any atom is -0.355 e. The SMILES string of the molecule is CC1CN(c2ncc(C(F)(F)F)cc2C(=O)Nc2ccc3c(c2)SNC3)CCC1(F)F. The third kappa shape index (κ3) is 4.47. The van der Waals surface area contributed by atoms with Gasteiger partial charge in [0.15, 0.2) is 0 Å². The molecule has 2 aromatic rings. The van der Waals surface area contributed by atoms with Gasteiger partial charge in [-0.15, -0.1) is 0 Å². The highest BCUT2D eigenvalue weighted by Crippen LogP contribution is 2.37. The number of nitrogens with one attached hydrogen (secondary N) is 2. The average Bonchev–Trinajstić information content (AvgIpc) is 3.17.